The maximum Gasteiger partial charge on any atom is 0.329 e. The summed E-state index contributed by atoms with van der Waals surface area (Å²) in [7, 11) is 2.41. The molecular weight excluding hydrogens is 1410 g/mol. The molecule has 2 fully saturated rings. The second-order valence-electron chi connectivity index (χ2n) is 29.0. The topological polar surface area (TPSA) is 625 Å². The van der Waals surface area contributed by atoms with E-state index >= 15 is 24.0 Å². The number of carbonyl (C=O) groups is 13. The van der Waals surface area contributed by atoms with E-state index in [0.717, 1.165) is 23.6 Å². The van der Waals surface area contributed by atoms with Crippen molar-refractivity contribution < 1.29 is 97.3 Å². The first-order valence-electron chi connectivity index (χ1n) is 36.4. The number of piperidine rings is 1. The third-order valence-corrected chi connectivity index (χ3v) is 19.2. The van der Waals surface area contributed by atoms with Gasteiger partial charge in [-0.25, -0.2) is 4.79 Å². The van der Waals surface area contributed by atoms with Crippen LogP contribution in [-0.4, -0.2) is 249 Å². The van der Waals surface area contributed by atoms with E-state index in [0.29, 0.717) is 6.42 Å². The summed E-state index contributed by atoms with van der Waals surface area (Å²) in [5.74, 6) is -19.4. The number of carbonyl (C=O) groups excluding carboxylic acids is 13. The number of aliphatic hydroxyl groups excluding tert-OH is 4. The number of likely N-dealkylation sites (N-methyl/N-ethyl adjacent to an activating group) is 1. The lowest BCUT2D eigenvalue weighted by Crippen LogP contribution is -2.65. The van der Waals surface area contributed by atoms with Gasteiger partial charge in [0.15, 0.2) is 18.0 Å². The molecule has 2 saturated heterocycles. The summed E-state index contributed by atoms with van der Waals surface area (Å²) in [6.45, 7) is 16.2. The standard InChI is InChI=1S/C70H118N18O20/c1-32(2)30-34(5)53(92)37(8)58(96)79-38(9)59(97)80-43(18-16-27-77-69(73)74)54(93)55(94)65(103)83-49(35(6)36(7)57(72)95)62(100)85-51-40(11)108-68(106)47-20-14-15-29-88(47)67(105)52(56(107-13)41-21-23-42(90)24-22-41)86-61(99)46(25-26-48(71)91)87(12)66(104)45(31-33(3)4)82-60(98)44(19-17-28-78-70(75)76)81-63(101)50(39(10)89)84-64(51)102/h21-24,32-40,43-47,49-56,89-90,92-94H,14-20,25-31H2,1-13H3,(H2,71,91)(H2,72,95)(H,79,96)(H,80,97)(H,81,101)(H,82,98)(H,83,103)(H,84,102)(H,85,100)(H,86,99)(H4,73,74,77)(H4,75,76,78)/t34-,35+,36-,37-,38-,39+,40+,43+,44-,45?,46?,47+,49+,50?,51-,52-,53-,54-,55-,56-/m1/s1. The van der Waals surface area contributed by atoms with E-state index in [2.05, 4.69) is 52.5 Å². The Hall–Kier alpha value is -9.53. The number of cyclic esters (lactones) is 1. The molecule has 12 amide bonds. The van der Waals surface area contributed by atoms with Crippen LogP contribution >= 0.6 is 0 Å². The average Bonchev–Trinajstić information content (AvgIpc) is 0.795. The quantitative estimate of drug-likeness (QED) is 0.0133. The summed E-state index contributed by atoms with van der Waals surface area (Å²) in [6, 6.07) is -12.2. The lowest BCUT2D eigenvalue weighted by Gasteiger charge is -2.39. The second kappa shape index (κ2) is 44.1. The van der Waals surface area contributed by atoms with E-state index in [-0.39, 0.29) is 112 Å². The number of hydrogen-bond donors (Lipinski definition) is 19. The monoisotopic (exact) mass is 1530 g/mol. The van der Waals surface area contributed by atoms with E-state index in [4.69, 9.17) is 43.9 Å². The van der Waals surface area contributed by atoms with Crippen LogP contribution in [0.3, 0.4) is 0 Å². The molecule has 38 nitrogen and oxygen atoms in total. The minimum absolute atomic E-state index is 0.00607. The Morgan fingerprint density at radius 3 is 1.81 bits per heavy atom. The Kier molecular flexibility index (Phi) is 37.8. The van der Waals surface area contributed by atoms with Gasteiger partial charge in [-0.1, -0.05) is 67.5 Å². The van der Waals surface area contributed by atoms with Crippen molar-refractivity contribution in [3.63, 3.8) is 0 Å². The van der Waals surface area contributed by atoms with Gasteiger partial charge in [-0.05, 0) is 126 Å². The molecule has 1 aromatic carbocycles. The van der Waals surface area contributed by atoms with Gasteiger partial charge in [0, 0.05) is 46.1 Å². The predicted molar refractivity (Wildman–Crippen MR) is 393 cm³/mol. The fourth-order valence-corrected chi connectivity index (χ4v) is 12.8. The highest BCUT2D eigenvalue weighted by atomic mass is 16.5. The molecule has 0 bridgehead atoms. The van der Waals surface area contributed by atoms with Crippen molar-refractivity contribution in [2.75, 3.05) is 33.8 Å². The third-order valence-electron chi connectivity index (χ3n) is 19.2. The Balaban J connectivity index is 2.35. The summed E-state index contributed by atoms with van der Waals surface area (Å²) < 4.78 is 11.9. The molecular formula is C70H118N18O20. The zero-order chi connectivity index (χ0) is 81.9. The molecule has 0 radical (unpaired) electrons. The van der Waals surface area contributed by atoms with Crippen LogP contribution in [0.25, 0.3) is 0 Å². The highest BCUT2D eigenvalue weighted by Crippen LogP contribution is 2.30. The molecule has 2 aliphatic heterocycles. The van der Waals surface area contributed by atoms with E-state index in [1.807, 2.05) is 13.8 Å². The third kappa shape index (κ3) is 28.2. The van der Waals surface area contributed by atoms with Crippen LogP contribution in [0.4, 0.5) is 0 Å². The van der Waals surface area contributed by atoms with Gasteiger partial charge in [0.1, 0.15) is 78.4 Å². The number of phenolic OH excluding ortho intramolecular Hbond substituents is 1. The summed E-state index contributed by atoms with van der Waals surface area (Å²) in [5, 5.41) is 76.2. The molecule has 608 valence electrons. The van der Waals surface area contributed by atoms with Gasteiger partial charge in [-0.15, -0.1) is 0 Å². The molecule has 2 heterocycles. The van der Waals surface area contributed by atoms with E-state index in [1.165, 1.54) is 66.1 Å². The molecule has 0 aliphatic carbocycles. The second-order valence-corrected chi connectivity index (χ2v) is 29.0. The lowest BCUT2D eigenvalue weighted by molar-refractivity contribution is -0.165. The number of fused-ring (bicyclic) bond motifs is 1. The molecule has 1 aromatic rings. The number of aromatic hydroxyl groups is 1. The zero-order valence-corrected chi connectivity index (χ0v) is 64.0. The van der Waals surface area contributed by atoms with Crippen LogP contribution in [0.2, 0.25) is 0 Å². The number of phenols is 1. The highest BCUT2D eigenvalue weighted by molar-refractivity contribution is 5.99. The molecule has 2 aliphatic rings. The number of methoxy groups -OCH3 is 1. The van der Waals surface area contributed by atoms with Gasteiger partial charge in [0.2, 0.25) is 65.0 Å². The number of nitrogens with zero attached hydrogens (tertiary/aromatic N) is 4. The van der Waals surface area contributed by atoms with Crippen molar-refractivity contribution >= 4 is 88.8 Å². The van der Waals surface area contributed by atoms with E-state index < -0.39 is 204 Å². The maximum atomic E-state index is 15.6. The van der Waals surface area contributed by atoms with Gasteiger partial charge in [-0.2, -0.15) is 0 Å². The maximum absolute atomic E-state index is 15.6. The van der Waals surface area contributed by atoms with E-state index in [9.17, 15) is 63.9 Å². The fraction of sp³-hybridized carbons (Fsp3) is 0.700. The van der Waals surface area contributed by atoms with Crippen molar-refractivity contribution in [2.24, 2.45) is 79.9 Å². The number of hydrogen-bond acceptors (Lipinski definition) is 22. The molecule has 25 N–H and O–H groups in total. The molecule has 20 atom stereocenters. The molecule has 38 heteroatoms. The first-order valence-corrected chi connectivity index (χ1v) is 36.4. The highest BCUT2D eigenvalue weighted by Gasteiger charge is 2.47. The fourth-order valence-electron chi connectivity index (χ4n) is 12.8. The summed E-state index contributed by atoms with van der Waals surface area (Å²) in [6.07, 6.45) is -11.9. The van der Waals surface area contributed by atoms with Crippen molar-refractivity contribution in [1.29, 1.82) is 0 Å². The van der Waals surface area contributed by atoms with Crippen LogP contribution in [0.15, 0.2) is 34.3 Å². The number of nitrogens with one attached hydrogen (secondary N) is 8. The Morgan fingerprint density at radius 2 is 1.25 bits per heavy atom. The molecule has 0 aromatic heterocycles. The average molecular weight is 1530 g/mol. The Bertz CT molecular complexity index is 3300. The molecule has 3 unspecified atom stereocenters. The number of ether oxygens (including phenoxy) is 2. The number of amides is 12. The number of esters is 1. The smallest absolute Gasteiger partial charge is 0.329 e. The molecule has 108 heavy (non-hydrogen) atoms. The van der Waals surface area contributed by atoms with Crippen LogP contribution in [-0.2, 0) is 71.8 Å². The molecule has 3 rings (SSSR count). The van der Waals surface area contributed by atoms with Crippen molar-refractivity contribution in [1.82, 2.24) is 52.3 Å². The first kappa shape index (κ1) is 92.7. The van der Waals surface area contributed by atoms with Crippen LogP contribution < -0.4 is 76.9 Å². The number of primary amides is 2. The summed E-state index contributed by atoms with van der Waals surface area (Å²) in [4.78, 5) is 198. The number of benzene rings is 1. The van der Waals surface area contributed by atoms with Gasteiger partial charge < -0.3 is 122 Å². The van der Waals surface area contributed by atoms with Crippen LogP contribution in [0.5, 0.6) is 5.75 Å². The molecule has 0 spiro atoms. The summed E-state index contributed by atoms with van der Waals surface area (Å²) in [5.41, 5.74) is 33.8. The predicted octanol–water partition coefficient (Wildman–Crippen LogP) is -4.91. The van der Waals surface area contributed by atoms with Crippen molar-refractivity contribution in [3.05, 3.63) is 29.8 Å². The molecule has 0 saturated carbocycles. The number of aliphatic hydroxyl groups is 4. The minimum atomic E-state index is -2.57. The van der Waals surface area contributed by atoms with E-state index in [1.54, 1.807) is 20.8 Å². The normalized spacial score (nSPS) is 23.6. The van der Waals surface area contributed by atoms with Gasteiger partial charge in [0.05, 0.1) is 24.2 Å². The van der Waals surface area contributed by atoms with Gasteiger partial charge in [-0.3, -0.25) is 67.5 Å². The van der Waals surface area contributed by atoms with Gasteiger partial charge >= 0.3 is 5.97 Å². The SMILES string of the molecule is CO[C@H](c1ccc(O)cc1)[C@H]1NC(=O)C(CCC(N)=O)N(C)C(=O)C(CC(C)C)NC(=O)[C@@H](CCCN=C(N)N)NC(=O)C([C@H](C)O)NC(=O)[C@H](NC(=O)[C@@H](NC(=O)[C@H](O)[C@H](O)[C@H](CCCN=C(N)N)NC(=O)[C@@H](C)NC(=O)[C@H](C)[C@H](O)[C@H](C)CC(C)C)[C@@H](C)[C@@H](C)C(N)=O)[C@H](C)OC(=O)[C@@H]2CCCCN2C1=O. The summed E-state index contributed by atoms with van der Waals surface area (Å²) >= 11 is 0. The van der Waals surface area contributed by atoms with Crippen molar-refractivity contribution in [2.45, 2.75) is 244 Å². The van der Waals surface area contributed by atoms with Crippen LogP contribution in [0, 0.1) is 35.5 Å². The Labute approximate surface area is 629 Å². The van der Waals surface area contributed by atoms with Gasteiger partial charge in [0.25, 0.3) is 5.91 Å². The Morgan fingerprint density at radius 1 is 0.657 bits per heavy atom. The largest absolute Gasteiger partial charge is 0.508 e. The minimum Gasteiger partial charge on any atom is -0.508 e. The number of guanidine groups is 2. The lowest BCUT2D eigenvalue weighted by atomic mass is 9.87. The number of aliphatic imine (C=N–C) groups is 2. The number of nitrogens with two attached hydrogens (primary N) is 6. The zero-order valence-electron chi connectivity index (χ0n) is 64.0. The number of rotatable bonds is 34. The van der Waals surface area contributed by atoms with Crippen molar-refractivity contribution in [3.8, 4) is 5.75 Å². The first-order chi connectivity index (χ1) is 50.4. The van der Waals surface area contributed by atoms with Crippen LogP contribution in [0.1, 0.15) is 158 Å².